The number of benzene rings is 2. The Morgan fingerprint density at radius 3 is 2.46 bits per heavy atom. The summed E-state index contributed by atoms with van der Waals surface area (Å²) in [5, 5.41) is 12.8. The Kier molecular flexibility index (Phi) is 7.43. The van der Waals surface area contributed by atoms with Gasteiger partial charge in [0.25, 0.3) is 0 Å². The first-order chi connectivity index (χ1) is 13.3. The third-order valence-corrected chi connectivity index (χ3v) is 3.64. The van der Waals surface area contributed by atoms with Gasteiger partial charge in [0, 0.05) is 5.56 Å². The van der Waals surface area contributed by atoms with E-state index in [-0.39, 0.29) is 13.0 Å². The number of alkyl halides is 3. The number of carboxylic acids is 1. The Morgan fingerprint density at radius 2 is 1.86 bits per heavy atom. The van der Waals surface area contributed by atoms with E-state index in [0.717, 1.165) is 18.6 Å². The molecule has 2 aromatic carbocycles. The molecule has 0 aliphatic heterocycles. The lowest BCUT2D eigenvalue weighted by Gasteiger charge is -2.12. The number of hydrogen-bond acceptors (Lipinski definition) is 4. The molecule has 0 saturated heterocycles. The molecule has 0 fully saturated rings. The summed E-state index contributed by atoms with van der Waals surface area (Å²) in [5.41, 5.74) is 0.573. The van der Waals surface area contributed by atoms with Crippen molar-refractivity contribution in [2.75, 3.05) is 13.2 Å². The van der Waals surface area contributed by atoms with Gasteiger partial charge in [-0.3, -0.25) is 4.79 Å². The Hall–Kier alpha value is -3.03. The fourth-order valence-corrected chi connectivity index (χ4v) is 2.30. The van der Waals surface area contributed by atoms with Gasteiger partial charge in [-0.15, -0.1) is 0 Å². The third kappa shape index (κ3) is 6.61. The normalized spacial score (nSPS) is 11.9. The predicted molar refractivity (Wildman–Crippen MR) is 97.5 cm³/mol. The monoisotopic (exact) mass is 395 g/mol. The van der Waals surface area contributed by atoms with E-state index in [9.17, 15) is 18.0 Å². The van der Waals surface area contributed by atoms with E-state index in [1.54, 1.807) is 24.3 Å². The molecule has 0 spiro atoms. The molecule has 1 N–H and O–H groups in total. The van der Waals surface area contributed by atoms with Crippen molar-refractivity contribution >= 4 is 11.7 Å². The average molecular weight is 395 g/mol. The summed E-state index contributed by atoms with van der Waals surface area (Å²) in [6, 6.07) is 11.1. The molecule has 2 aromatic rings. The number of oxime groups is 1. The van der Waals surface area contributed by atoms with Crippen LogP contribution in [0.4, 0.5) is 13.2 Å². The molecule has 0 aromatic heterocycles. The molecule has 0 unspecified atom stereocenters. The van der Waals surface area contributed by atoms with Gasteiger partial charge >= 0.3 is 12.1 Å². The van der Waals surface area contributed by atoms with Crippen LogP contribution in [0.1, 0.15) is 30.0 Å². The maximum atomic E-state index is 12.7. The van der Waals surface area contributed by atoms with Crippen LogP contribution in [0.25, 0.3) is 0 Å². The Bertz CT molecular complexity index is 817. The fourth-order valence-electron chi connectivity index (χ4n) is 2.30. The molecule has 2 rings (SSSR count). The van der Waals surface area contributed by atoms with Crippen molar-refractivity contribution in [1.29, 1.82) is 0 Å². The Morgan fingerprint density at radius 1 is 1.14 bits per heavy atom. The predicted octanol–water partition coefficient (Wildman–Crippen LogP) is 4.54. The molecule has 0 heterocycles. The van der Waals surface area contributed by atoms with E-state index in [2.05, 4.69) is 5.16 Å². The first-order valence-electron chi connectivity index (χ1n) is 8.59. The molecule has 8 heteroatoms. The summed E-state index contributed by atoms with van der Waals surface area (Å²) >= 11 is 0. The van der Waals surface area contributed by atoms with Crippen LogP contribution in [0, 0.1) is 0 Å². The van der Waals surface area contributed by atoms with Crippen molar-refractivity contribution in [3.05, 3.63) is 65.2 Å². The number of aliphatic carboxylic acids is 1. The molecule has 0 amide bonds. The maximum Gasteiger partial charge on any atom is 0.416 e. The van der Waals surface area contributed by atoms with E-state index < -0.39 is 17.7 Å². The molecule has 5 nitrogen and oxygen atoms in total. The second-order valence-electron chi connectivity index (χ2n) is 5.95. The fraction of sp³-hybridized carbons (Fsp3) is 0.300. The second kappa shape index (κ2) is 9.77. The summed E-state index contributed by atoms with van der Waals surface area (Å²) in [4.78, 5) is 16.0. The minimum absolute atomic E-state index is 0.0500. The van der Waals surface area contributed by atoms with Gasteiger partial charge in [0.15, 0.2) is 0 Å². The molecule has 28 heavy (non-hydrogen) atoms. The molecule has 0 aliphatic rings. The van der Waals surface area contributed by atoms with Crippen molar-refractivity contribution in [3.63, 3.8) is 0 Å². The average Bonchev–Trinajstić information content (AvgIpc) is 2.64. The topological polar surface area (TPSA) is 68.1 Å². The summed E-state index contributed by atoms with van der Waals surface area (Å²) in [5.74, 6) is -0.536. The molecular weight excluding hydrogens is 375 g/mol. The molecule has 0 radical (unpaired) electrons. The lowest BCUT2D eigenvalue weighted by atomic mass is 10.1. The highest BCUT2D eigenvalue weighted by Crippen LogP contribution is 2.29. The first-order valence-corrected chi connectivity index (χ1v) is 8.59. The van der Waals surface area contributed by atoms with Crippen LogP contribution in [-0.2, 0) is 22.2 Å². The van der Waals surface area contributed by atoms with Gasteiger partial charge in [-0.25, -0.2) is 0 Å². The van der Waals surface area contributed by atoms with Crippen LogP contribution in [-0.4, -0.2) is 30.0 Å². The maximum absolute atomic E-state index is 12.7. The van der Waals surface area contributed by atoms with Gasteiger partial charge < -0.3 is 14.7 Å². The highest BCUT2D eigenvalue weighted by molar-refractivity contribution is 6.01. The van der Waals surface area contributed by atoms with Crippen molar-refractivity contribution in [1.82, 2.24) is 0 Å². The number of carbonyl (C=O) groups is 1. The minimum Gasteiger partial charge on any atom is -0.487 e. The van der Waals surface area contributed by atoms with Crippen LogP contribution in [0.2, 0.25) is 0 Å². The summed E-state index contributed by atoms with van der Waals surface area (Å²) in [6.07, 6.45) is -3.84. The van der Waals surface area contributed by atoms with Crippen LogP contribution < -0.4 is 4.74 Å². The lowest BCUT2D eigenvalue weighted by Crippen LogP contribution is -2.15. The molecule has 0 atom stereocenters. The van der Waals surface area contributed by atoms with Gasteiger partial charge in [-0.05, 0) is 36.2 Å². The third-order valence-electron chi connectivity index (χ3n) is 3.64. The zero-order valence-corrected chi connectivity index (χ0v) is 15.2. The number of rotatable bonds is 9. The summed E-state index contributed by atoms with van der Waals surface area (Å²) in [7, 11) is 0. The Balaban J connectivity index is 2.15. The minimum atomic E-state index is -4.42. The van der Waals surface area contributed by atoms with Crippen molar-refractivity contribution < 1.29 is 32.6 Å². The quantitative estimate of drug-likeness (QED) is 0.384. The van der Waals surface area contributed by atoms with Crippen LogP contribution in [0.5, 0.6) is 5.75 Å². The van der Waals surface area contributed by atoms with Gasteiger partial charge in [-0.2, -0.15) is 13.2 Å². The molecular formula is C20H20F3NO4. The molecule has 0 bridgehead atoms. The molecule has 0 saturated carbocycles. The van der Waals surface area contributed by atoms with Crippen molar-refractivity contribution in [2.24, 2.45) is 5.16 Å². The number of carboxylic acid groups (broad SMARTS) is 1. The number of nitrogens with zero attached hydrogens (tertiary/aromatic N) is 1. The van der Waals surface area contributed by atoms with Gasteiger partial charge in [0.05, 0.1) is 12.0 Å². The Labute approximate surface area is 160 Å². The van der Waals surface area contributed by atoms with E-state index in [0.29, 0.717) is 29.2 Å². The van der Waals surface area contributed by atoms with Crippen LogP contribution in [0.3, 0.4) is 0 Å². The highest BCUT2D eigenvalue weighted by atomic mass is 19.4. The second-order valence-corrected chi connectivity index (χ2v) is 5.95. The molecule has 0 aliphatic carbocycles. The number of ether oxygens (including phenoxy) is 1. The zero-order chi connectivity index (χ0) is 20.6. The lowest BCUT2D eigenvalue weighted by molar-refractivity contribution is -0.138. The van der Waals surface area contributed by atoms with E-state index >= 15 is 0 Å². The SMILES string of the molecule is CCCON=C(COc1cccc(CC(=O)O)c1)c1ccc(C(F)(F)F)cc1. The van der Waals surface area contributed by atoms with Gasteiger partial charge in [0.2, 0.25) is 0 Å². The number of halogens is 3. The highest BCUT2D eigenvalue weighted by Gasteiger charge is 2.30. The van der Waals surface area contributed by atoms with Crippen LogP contribution >= 0.6 is 0 Å². The van der Waals surface area contributed by atoms with Crippen LogP contribution in [0.15, 0.2) is 53.7 Å². The van der Waals surface area contributed by atoms with Crippen molar-refractivity contribution in [2.45, 2.75) is 25.9 Å². The zero-order valence-electron chi connectivity index (χ0n) is 15.2. The number of hydrogen-bond donors (Lipinski definition) is 1. The summed E-state index contributed by atoms with van der Waals surface area (Å²) < 4.78 is 43.9. The van der Waals surface area contributed by atoms with E-state index in [1.165, 1.54) is 12.1 Å². The smallest absolute Gasteiger partial charge is 0.416 e. The largest absolute Gasteiger partial charge is 0.487 e. The van der Waals surface area contributed by atoms with Crippen molar-refractivity contribution in [3.8, 4) is 5.75 Å². The molecule has 150 valence electrons. The standard InChI is InChI=1S/C20H20F3NO4/c1-2-10-28-24-18(15-6-8-16(9-7-15)20(21,22)23)13-27-17-5-3-4-14(11-17)12-19(25)26/h3-9,11H,2,10,12-13H2,1H3,(H,25,26). The van der Waals surface area contributed by atoms with Gasteiger partial charge in [-0.1, -0.05) is 36.3 Å². The summed E-state index contributed by atoms with van der Waals surface area (Å²) in [6.45, 7) is 2.21. The first kappa shape index (κ1) is 21.3. The van der Waals surface area contributed by atoms with E-state index in [1.807, 2.05) is 6.92 Å². The van der Waals surface area contributed by atoms with Gasteiger partial charge in [0.1, 0.15) is 24.7 Å². The van der Waals surface area contributed by atoms with E-state index in [4.69, 9.17) is 14.7 Å².